The van der Waals surface area contributed by atoms with Gasteiger partial charge in [0.2, 0.25) is 0 Å². The van der Waals surface area contributed by atoms with Gasteiger partial charge < -0.3 is 29.5 Å². The zero-order chi connectivity index (χ0) is 21.2. The van der Waals surface area contributed by atoms with Gasteiger partial charge in [0.05, 0.1) is 13.7 Å². The Hall–Kier alpha value is -1.83. The Morgan fingerprint density at radius 1 is 1.24 bits per heavy atom. The van der Waals surface area contributed by atoms with Crippen molar-refractivity contribution in [2.45, 2.75) is 57.7 Å². The molecule has 0 aromatic heterocycles. The van der Waals surface area contributed by atoms with Gasteiger partial charge in [-0.15, -0.1) is 0 Å². The molecule has 7 heteroatoms. The van der Waals surface area contributed by atoms with E-state index in [9.17, 15) is 4.79 Å². The van der Waals surface area contributed by atoms with Crippen molar-refractivity contribution in [3.05, 3.63) is 23.8 Å². The molecular weight excluding hydrogens is 372 g/mol. The average molecular weight is 409 g/mol. The lowest BCUT2D eigenvalue weighted by Gasteiger charge is -2.40. The Labute approximate surface area is 174 Å². The summed E-state index contributed by atoms with van der Waals surface area (Å²) in [5.41, 5.74) is 0.596. The van der Waals surface area contributed by atoms with Crippen molar-refractivity contribution in [2.24, 2.45) is 0 Å². The number of methoxy groups -OCH3 is 2. The summed E-state index contributed by atoms with van der Waals surface area (Å²) >= 11 is 0. The van der Waals surface area contributed by atoms with E-state index in [4.69, 9.17) is 19.3 Å². The third-order valence-corrected chi connectivity index (χ3v) is 5.31. The molecule has 29 heavy (non-hydrogen) atoms. The number of carbonyl (C=O) groups is 1. The van der Waals surface area contributed by atoms with Gasteiger partial charge in [-0.25, -0.2) is 0 Å². The smallest absolute Gasteiger partial charge is 0.254 e. The number of hydrogen-bond acceptors (Lipinski definition) is 6. The molecule has 1 aliphatic heterocycles. The van der Waals surface area contributed by atoms with E-state index in [1.54, 1.807) is 32.4 Å². The number of rotatable bonds is 11. The predicted molar refractivity (Wildman–Crippen MR) is 113 cm³/mol. The van der Waals surface area contributed by atoms with Gasteiger partial charge >= 0.3 is 0 Å². The Balaban J connectivity index is 2.12. The molecule has 0 radical (unpaired) electrons. The molecular formula is C22H36N2O5. The summed E-state index contributed by atoms with van der Waals surface area (Å²) in [5.74, 6) is 1.18. The minimum absolute atomic E-state index is 0.00296. The minimum Gasteiger partial charge on any atom is -0.493 e. The number of nitrogens with one attached hydrogen (secondary N) is 1. The molecule has 0 bridgehead atoms. The van der Waals surface area contributed by atoms with E-state index in [1.807, 2.05) is 18.7 Å². The average Bonchev–Trinajstić information content (AvgIpc) is 2.72. The van der Waals surface area contributed by atoms with Crippen molar-refractivity contribution in [1.29, 1.82) is 0 Å². The lowest BCUT2D eigenvalue weighted by Crippen LogP contribution is -2.54. The Bertz CT molecular complexity index is 630. The fraction of sp³-hybridized carbons (Fsp3) is 0.682. The molecule has 1 aromatic carbocycles. The molecule has 0 spiro atoms. The summed E-state index contributed by atoms with van der Waals surface area (Å²) in [7, 11) is 3.25. The van der Waals surface area contributed by atoms with Crippen LogP contribution in [-0.2, 0) is 4.74 Å². The monoisotopic (exact) mass is 408 g/mol. The van der Waals surface area contributed by atoms with E-state index in [2.05, 4.69) is 5.32 Å². The van der Waals surface area contributed by atoms with Crippen molar-refractivity contribution in [1.82, 2.24) is 10.2 Å². The van der Waals surface area contributed by atoms with Gasteiger partial charge in [0, 0.05) is 57.0 Å². The van der Waals surface area contributed by atoms with Crippen LogP contribution in [0.25, 0.3) is 0 Å². The third kappa shape index (κ3) is 6.59. The number of benzene rings is 1. The topological polar surface area (TPSA) is 80.3 Å². The predicted octanol–water partition coefficient (Wildman–Crippen LogP) is 2.46. The van der Waals surface area contributed by atoms with Gasteiger partial charge in [0.1, 0.15) is 0 Å². The molecule has 1 aliphatic rings. The van der Waals surface area contributed by atoms with Gasteiger partial charge in [0.15, 0.2) is 11.5 Å². The van der Waals surface area contributed by atoms with Crippen LogP contribution in [0.4, 0.5) is 0 Å². The second kappa shape index (κ2) is 12.0. The number of piperidine rings is 1. The highest BCUT2D eigenvalue weighted by atomic mass is 16.5. The second-order valence-corrected chi connectivity index (χ2v) is 7.72. The summed E-state index contributed by atoms with van der Waals surface area (Å²) in [6.07, 6.45) is 3.40. The first-order valence-corrected chi connectivity index (χ1v) is 10.5. The van der Waals surface area contributed by atoms with Gasteiger partial charge in [0.25, 0.3) is 5.91 Å². The summed E-state index contributed by atoms with van der Waals surface area (Å²) in [4.78, 5) is 15.3. The molecule has 0 saturated carbocycles. The number of nitrogens with zero attached hydrogens (tertiary/aromatic N) is 1. The van der Waals surface area contributed by atoms with Gasteiger partial charge in [-0.3, -0.25) is 4.79 Å². The summed E-state index contributed by atoms with van der Waals surface area (Å²) in [6, 6.07) is 5.89. The number of amides is 1. The first-order valence-electron chi connectivity index (χ1n) is 10.5. The zero-order valence-corrected chi connectivity index (χ0v) is 18.1. The number of aliphatic hydroxyl groups excluding tert-OH is 1. The third-order valence-electron chi connectivity index (χ3n) is 5.31. The number of carbonyl (C=O) groups excluding carboxylic acids is 1. The molecule has 1 amide bonds. The largest absolute Gasteiger partial charge is 0.493 e. The highest BCUT2D eigenvalue weighted by Gasteiger charge is 2.31. The standard InChI is InChI=1S/C22H36N2O5/c1-16(2)24(19-8-7-18(10-11-25)23-15-19)22(26)17-6-9-20(28-4)21(14-17)29-13-5-12-27-3/h6,9,14,16,18-19,23,25H,5,7-8,10-13,15H2,1-4H3. The van der Waals surface area contributed by atoms with E-state index < -0.39 is 0 Å². The van der Waals surface area contributed by atoms with Gasteiger partial charge in [-0.2, -0.15) is 0 Å². The molecule has 2 unspecified atom stereocenters. The molecule has 0 aliphatic carbocycles. The van der Waals surface area contributed by atoms with E-state index >= 15 is 0 Å². The maximum absolute atomic E-state index is 13.4. The number of aliphatic hydroxyl groups is 1. The van der Waals surface area contributed by atoms with Crippen LogP contribution in [0, 0.1) is 0 Å². The first-order chi connectivity index (χ1) is 14.0. The SMILES string of the molecule is COCCCOc1cc(C(=O)N(C(C)C)C2CCC(CCO)NC2)ccc1OC. The molecule has 164 valence electrons. The quantitative estimate of drug-likeness (QED) is 0.548. The maximum atomic E-state index is 13.4. The number of ether oxygens (including phenoxy) is 3. The summed E-state index contributed by atoms with van der Waals surface area (Å²) < 4.78 is 16.3. The van der Waals surface area contributed by atoms with E-state index in [-0.39, 0.29) is 24.6 Å². The van der Waals surface area contributed by atoms with Crippen LogP contribution in [0.2, 0.25) is 0 Å². The Morgan fingerprint density at radius 3 is 2.62 bits per heavy atom. The highest BCUT2D eigenvalue weighted by molar-refractivity contribution is 5.95. The van der Waals surface area contributed by atoms with Crippen molar-refractivity contribution < 1.29 is 24.1 Å². The summed E-state index contributed by atoms with van der Waals surface area (Å²) in [5, 5.41) is 12.6. The molecule has 1 saturated heterocycles. The minimum atomic E-state index is -0.00296. The van der Waals surface area contributed by atoms with Crippen molar-refractivity contribution in [3.8, 4) is 11.5 Å². The van der Waals surface area contributed by atoms with Crippen LogP contribution in [0.3, 0.4) is 0 Å². The fourth-order valence-electron chi connectivity index (χ4n) is 3.82. The summed E-state index contributed by atoms with van der Waals surface area (Å²) in [6.45, 7) is 6.13. The van der Waals surface area contributed by atoms with Crippen molar-refractivity contribution >= 4 is 5.91 Å². The molecule has 1 aromatic rings. The van der Waals surface area contributed by atoms with E-state index in [0.717, 1.165) is 32.2 Å². The van der Waals surface area contributed by atoms with Crippen LogP contribution >= 0.6 is 0 Å². The molecule has 7 nitrogen and oxygen atoms in total. The molecule has 2 N–H and O–H groups in total. The van der Waals surface area contributed by atoms with Crippen LogP contribution in [0.15, 0.2) is 18.2 Å². The fourth-order valence-corrected chi connectivity index (χ4v) is 3.82. The van der Waals surface area contributed by atoms with E-state index in [0.29, 0.717) is 36.3 Å². The van der Waals surface area contributed by atoms with Gasteiger partial charge in [-0.05, 0) is 51.3 Å². The molecule has 2 rings (SSSR count). The Kier molecular flexibility index (Phi) is 9.70. The normalized spacial score (nSPS) is 19.2. The van der Waals surface area contributed by atoms with Crippen LogP contribution < -0.4 is 14.8 Å². The van der Waals surface area contributed by atoms with Crippen LogP contribution in [0.5, 0.6) is 11.5 Å². The molecule has 1 fully saturated rings. The van der Waals surface area contributed by atoms with Gasteiger partial charge in [-0.1, -0.05) is 0 Å². The first kappa shape index (κ1) is 23.4. The van der Waals surface area contributed by atoms with Crippen LogP contribution in [-0.4, -0.2) is 74.6 Å². The number of hydrogen-bond donors (Lipinski definition) is 2. The lowest BCUT2D eigenvalue weighted by molar-refractivity contribution is 0.0548. The second-order valence-electron chi connectivity index (χ2n) is 7.72. The maximum Gasteiger partial charge on any atom is 0.254 e. The Morgan fingerprint density at radius 2 is 2.03 bits per heavy atom. The molecule has 2 atom stereocenters. The van der Waals surface area contributed by atoms with Crippen molar-refractivity contribution in [2.75, 3.05) is 40.6 Å². The zero-order valence-electron chi connectivity index (χ0n) is 18.1. The molecule has 1 heterocycles. The highest BCUT2D eigenvalue weighted by Crippen LogP contribution is 2.30. The van der Waals surface area contributed by atoms with Crippen molar-refractivity contribution in [3.63, 3.8) is 0 Å². The van der Waals surface area contributed by atoms with Crippen LogP contribution in [0.1, 0.15) is 49.9 Å². The lowest BCUT2D eigenvalue weighted by atomic mass is 9.96. The van der Waals surface area contributed by atoms with E-state index in [1.165, 1.54) is 0 Å².